The van der Waals surface area contributed by atoms with Gasteiger partial charge < -0.3 is 15.4 Å². The van der Waals surface area contributed by atoms with Crippen LogP contribution in [-0.2, 0) is 14.8 Å². The summed E-state index contributed by atoms with van der Waals surface area (Å²) in [4.78, 5) is 25.0. The van der Waals surface area contributed by atoms with Crippen molar-refractivity contribution in [3.05, 3.63) is 59.1 Å². The van der Waals surface area contributed by atoms with Gasteiger partial charge in [-0.05, 0) is 54.4 Å². The van der Waals surface area contributed by atoms with E-state index in [2.05, 4.69) is 15.4 Å². The van der Waals surface area contributed by atoms with Crippen molar-refractivity contribution in [3.8, 4) is 5.75 Å². The molecule has 1 atom stereocenters. The van der Waals surface area contributed by atoms with Crippen LogP contribution < -0.4 is 20.1 Å². The van der Waals surface area contributed by atoms with Gasteiger partial charge in [-0.3, -0.25) is 9.59 Å². The number of sulfonamides is 1. The zero-order chi connectivity index (χ0) is 23.0. The minimum atomic E-state index is -3.72. The standard InChI is InChI=1S/C21H26ClN3O5S/c1-14(2)19(25-20(26)15-4-6-16(22)7-5-15)21(27)23-12-13-24-31(28,29)18-10-8-17(30-3)9-11-18/h4-11,14,19,24H,12-13H2,1-3H3,(H,23,27)(H,25,26). The molecule has 2 rings (SSSR count). The lowest BCUT2D eigenvalue weighted by Gasteiger charge is -2.22. The van der Waals surface area contributed by atoms with Gasteiger partial charge in [0.25, 0.3) is 5.91 Å². The van der Waals surface area contributed by atoms with Crippen LogP contribution in [0, 0.1) is 5.92 Å². The van der Waals surface area contributed by atoms with E-state index in [-0.39, 0.29) is 23.9 Å². The molecule has 0 spiro atoms. The third-order valence-electron chi connectivity index (χ3n) is 4.43. The first-order valence-electron chi connectivity index (χ1n) is 9.62. The molecule has 0 radical (unpaired) electrons. The highest BCUT2D eigenvalue weighted by atomic mass is 35.5. The number of carbonyl (C=O) groups excluding carboxylic acids is 2. The van der Waals surface area contributed by atoms with Crippen LogP contribution >= 0.6 is 11.6 Å². The minimum Gasteiger partial charge on any atom is -0.497 e. The van der Waals surface area contributed by atoms with Crippen LogP contribution in [0.3, 0.4) is 0 Å². The Hall–Kier alpha value is -2.62. The summed E-state index contributed by atoms with van der Waals surface area (Å²) < 4.78 is 32.1. The summed E-state index contributed by atoms with van der Waals surface area (Å²) in [5, 5.41) is 5.86. The zero-order valence-corrected chi connectivity index (χ0v) is 19.1. The van der Waals surface area contributed by atoms with Gasteiger partial charge in [0.1, 0.15) is 11.8 Å². The number of nitrogens with one attached hydrogen (secondary N) is 3. The van der Waals surface area contributed by atoms with Crippen molar-refractivity contribution in [1.29, 1.82) is 0 Å². The maximum absolute atomic E-state index is 12.5. The topological polar surface area (TPSA) is 114 Å². The number of rotatable bonds is 10. The first kappa shape index (κ1) is 24.6. The van der Waals surface area contributed by atoms with Gasteiger partial charge in [-0.25, -0.2) is 13.1 Å². The molecule has 3 N–H and O–H groups in total. The Labute approximate surface area is 187 Å². The Morgan fingerprint density at radius 2 is 1.61 bits per heavy atom. The maximum Gasteiger partial charge on any atom is 0.251 e. The predicted octanol–water partition coefficient (Wildman–Crippen LogP) is 2.20. The fourth-order valence-electron chi connectivity index (χ4n) is 2.68. The van der Waals surface area contributed by atoms with Crippen LogP contribution in [-0.4, -0.2) is 46.5 Å². The number of methoxy groups -OCH3 is 1. The van der Waals surface area contributed by atoms with E-state index in [1.165, 1.54) is 19.2 Å². The van der Waals surface area contributed by atoms with Crippen molar-refractivity contribution in [2.75, 3.05) is 20.2 Å². The maximum atomic E-state index is 12.5. The number of ether oxygens (including phenoxy) is 1. The van der Waals surface area contributed by atoms with E-state index in [0.717, 1.165) is 0 Å². The second-order valence-electron chi connectivity index (χ2n) is 7.07. The fraction of sp³-hybridized carbons (Fsp3) is 0.333. The van der Waals surface area contributed by atoms with Crippen LogP contribution in [0.5, 0.6) is 5.75 Å². The molecule has 2 aromatic rings. The molecule has 0 saturated heterocycles. The van der Waals surface area contributed by atoms with Crippen molar-refractivity contribution >= 4 is 33.4 Å². The molecule has 0 aliphatic carbocycles. The van der Waals surface area contributed by atoms with Crippen molar-refractivity contribution in [3.63, 3.8) is 0 Å². The van der Waals surface area contributed by atoms with E-state index in [9.17, 15) is 18.0 Å². The molecule has 0 fully saturated rings. The van der Waals surface area contributed by atoms with Gasteiger partial charge in [-0.1, -0.05) is 25.4 Å². The molecule has 0 aromatic heterocycles. The highest BCUT2D eigenvalue weighted by Gasteiger charge is 2.24. The van der Waals surface area contributed by atoms with Crippen LogP contribution in [0.15, 0.2) is 53.4 Å². The Balaban J connectivity index is 1.88. The first-order valence-corrected chi connectivity index (χ1v) is 11.5. The minimum absolute atomic E-state index is 0.00392. The zero-order valence-electron chi connectivity index (χ0n) is 17.5. The summed E-state index contributed by atoms with van der Waals surface area (Å²) in [6, 6.07) is 11.5. The van der Waals surface area contributed by atoms with Crippen molar-refractivity contribution < 1.29 is 22.7 Å². The van der Waals surface area contributed by atoms with E-state index in [4.69, 9.17) is 16.3 Å². The highest BCUT2D eigenvalue weighted by Crippen LogP contribution is 2.15. The van der Waals surface area contributed by atoms with Crippen LogP contribution in [0.4, 0.5) is 0 Å². The van der Waals surface area contributed by atoms with Crippen LogP contribution in [0.1, 0.15) is 24.2 Å². The number of halogens is 1. The summed E-state index contributed by atoms with van der Waals surface area (Å²) >= 11 is 5.83. The van der Waals surface area contributed by atoms with E-state index < -0.39 is 27.9 Å². The first-order chi connectivity index (χ1) is 14.6. The van der Waals surface area contributed by atoms with Crippen molar-refractivity contribution in [2.45, 2.75) is 24.8 Å². The van der Waals surface area contributed by atoms with Crippen LogP contribution in [0.2, 0.25) is 5.02 Å². The monoisotopic (exact) mass is 467 g/mol. The molecule has 0 bridgehead atoms. The average Bonchev–Trinajstić information content (AvgIpc) is 2.75. The van der Waals surface area contributed by atoms with E-state index in [1.54, 1.807) is 50.2 Å². The molecule has 2 amide bonds. The number of carbonyl (C=O) groups is 2. The van der Waals surface area contributed by atoms with Gasteiger partial charge in [0, 0.05) is 23.7 Å². The average molecular weight is 468 g/mol. The lowest BCUT2D eigenvalue weighted by Crippen LogP contribution is -2.50. The quantitative estimate of drug-likeness (QED) is 0.463. The molecular weight excluding hydrogens is 442 g/mol. The molecule has 8 nitrogen and oxygen atoms in total. The van der Waals surface area contributed by atoms with Gasteiger partial charge in [-0.2, -0.15) is 0 Å². The third-order valence-corrected chi connectivity index (χ3v) is 6.16. The normalized spacial score (nSPS) is 12.3. The Bertz CT molecular complexity index is 993. The smallest absolute Gasteiger partial charge is 0.251 e. The van der Waals surface area contributed by atoms with E-state index >= 15 is 0 Å². The molecule has 2 aromatic carbocycles. The highest BCUT2D eigenvalue weighted by molar-refractivity contribution is 7.89. The third kappa shape index (κ3) is 7.23. The summed E-state index contributed by atoms with van der Waals surface area (Å²) in [6.45, 7) is 3.67. The fourth-order valence-corrected chi connectivity index (χ4v) is 3.84. The van der Waals surface area contributed by atoms with Gasteiger partial charge in [0.15, 0.2) is 0 Å². The largest absolute Gasteiger partial charge is 0.497 e. The molecular formula is C21H26ClN3O5S. The molecule has 0 heterocycles. The molecule has 1 unspecified atom stereocenters. The van der Waals surface area contributed by atoms with Gasteiger partial charge >= 0.3 is 0 Å². The van der Waals surface area contributed by atoms with E-state index in [1.807, 2.05) is 0 Å². The molecule has 31 heavy (non-hydrogen) atoms. The number of hydrogen-bond donors (Lipinski definition) is 3. The molecule has 168 valence electrons. The summed E-state index contributed by atoms with van der Waals surface area (Å²) in [5.74, 6) is -0.425. The second kappa shape index (κ2) is 11.1. The number of amides is 2. The molecule has 10 heteroatoms. The number of hydrogen-bond acceptors (Lipinski definition) is 5. The molecule has 0 aliphatic rings. The Morgan fingerprint density at radius 1 is 1.00 bits per heavy atom. The van der Waals surface area contributed by atoms with Crippen LogP contribution in [0.25, 0.3) is 0 Å². The van der Waals surface area contributed by atoms with E-state index in [0.29, 0.717) is 16.3 Å². The van der Waals surface area contributed by atoms with Crippen molar-refractivity contribution in [2.24, 2.45) is 5.92 Å². The Morgan fingerprint density at radius 3 is 2.16 bits per heavy atom. The van der Waals surface area contributed by atoms with Gasteiger partial charge in [-0.15, -0.1) is 0 Å². The lowest BCUT2D eigenvalue weighted by atomic mass is 10.0. The second-order valence-corrected chi connectivity index (χ2v) is 9.27. The summed E-state index contributed by atoms with van der Waals surface area (Å²) in [6.07, 6.45) is 0. The predicted molar refractivity (Wildman–Crippen MR) is 119 cm³/mol. The van der Waals surface area contributed by atoms with Gasteiger partial charge in [0.2, 0.25) is 15.9 Å². The molecule has 0 saturated carbocycles. The Kier molecular flexibility index (Phi) is 8.85. The lowest BCUT2D eigenvalue weighted by molar-refractivity contribution is -0.123. The number of benzene rings is 2. The van der Waals surface area contributed by atoms with Gasteiger partial charge in [0.05, 0.1) is 12.0 Å². The molecule has 0 aliphatic heterocycles. The van der Waals surface area contributed by atoms with Crippen molar-refractivity contribution in [1.82, 2.24) is 15.4 Å². The summed E-state index contributed by atoms with van der Waals surface area (Å²) in [5.41, 5.74) is 0.384. The SMILES string of the molecule is COc1ccc(S(=O)(=O)NCCNC(=O)C(NC(=O)c2ccc(Cl)cc2)C(C)C)cc1. The summed E-state index contributed by atoms with van der Waals surface area (Å²) in [7, 11) is -2.22.